The fraction of sp³-hybridized carbons (Fsp3) is 0.500. The normalized spacial score (nSPS) is 12.6. The first kappa shape index (κ1) is 13.7. The van der Waals surface area contributed by atoms with Gasteiger partial charge < -0.3 is 5.32 Å². The molecule has 0 saturated heterocycles. The van der Waals surface area contributed by atoms with E-state index in [2.05, 4.69) is 51.9 Å². The molecule has 1 aromatic carbocycles. The molecule has 0 amide bonds. The Hall–Kier alpha value is -1.75. The predicted molar refractivity (Wildman–Crippen MR) is 74.8 cm³/mol. The standard InChI is InChI=1S/C14H21N5/c1-11-4-6-12(7-5-11)8-13(10-15-2)9-14-16-18-19(3)17-14/h4-7,13,15H,8-10H2,1-3H3. The SMILES string of the molecule is CNCC(Cc1ccc(C)cc1)Cc1nnn(C)n1. The van der Waals surface area contributed by atoms with Gasteiger partial charge in [0.15, 0.2) is 5.82 Å². The Labute approximate surface area is 114 Å². The number of aromatic nitrogens is 4. The Morgan fingerprint density at radius 3 is 2.53 bits per heavy atom. The summed E-state index contributed by atoms with van der Waals surface area (Å²) in [6.07, 6.45) is 1.88. The Kier molecular flexibility index (Phi) is 4.63. The smallest absolute Gasteiger partial charge is 0.175 e. The number of hydrogen-bond acceptors (Lipinski definition) is 4. The number of aryl methyl sites for hydroxylation is 2. The van der Waals surface area contributed by atoms with E-state index in [1.165, 1.54) is 15.9 Å². The molecular formula is C14H21N5. The van der Waals surface area contributed by atoms with Crippen LogP contribution in [0, 0.1) is 12.8 Å². The summed E-state index contributed by atoms with van der Waals surface area (Å²) in [6, 6.07) is 8.71. The summed E-state index contributed by atoms with van der Waals surface area (Å²) in [7, 11) is 3.77. The summed E-state index contributed by atoms with van der Waals surface area (Å²) in [5.41, 5.74) is 2.65. The van der Waals surface area contributed by atoms with Crippen molar-refractivity contribution in [2.75, 3.05) is 13.6 Å². The van der Waals surface area contributed by atoms with Crippen molar-refractivity contribution in [1.82, 2.24) is 25.5 Å². The van der Waals surface area contributed by atoms with Crippen LogP contribution in [0.3, 0.4) is 0 Å². The van der Waals surface area contributed by atoms with Crippen molar-refractivity contribution in [2.45, 2.75) is 19.8 Å². The van der Waals surface area contributed by atoms with E-state index in [9.17, 15) is 0 Å². The Bertz CT molecular complexity index is 503. The first-order valence-corrected chi connectivity index (χ1v) is 6.60. The molecule has 0 aliphatic rings. The maximum Gasteiger partial charge on any atom is 0.175 e. The largest absolute Gasteiger partial charge is 0.319 e. The molecule has 1 heterocycles. The van der Waals surface area contributed by atoms with Crippen molar-refractivity contribution in [3.63, 3.8) is 0 Å². The maximum atomic E-state index is 4.26. The molecule has 0 aliphatic carbocycles. The van der Waals surface area contributed by atoms with E-state index >= 15 is 0 Å². The number of nitrogens with one attached hydrogen (secondary N) is 1. The molecule has 19 heavy (non-hydrogen) atoms. The lowest BCUT2D eigenvalue weighted by Crippen LogP contribution is -2.23. The topological polar surface area (TPSA) is 55.6 Å². The number of nitrogens with zero attached hydrogens (tertiary/aromatic N) is 4. The Morgan fingerprint density at radius 2 is 1.95 bits per heavy atom. The third kappa shape index (κ3) is 4.13. The molecule has 2 aromatic rings. The highest BCUT2D eigenvalue weighted by molar-refractivity contribution is 5.21. The summed E-state index contributed by atoms with van der Waals surface area (Å²) in [4.78, 5) is 1.51. The minimum Gasteiger partial charge on any atom is -0.319 e. The van der Waals surface area contributed by atoms with Crippen molar-refractivity contribution in [1.29, 1.82) is 0 Å². The van der Waals surface area contributed by atoms with Crippen LogP contribution in [0.5, 0.6) is 0 Å². The molecule has 0 fully saturated rings. The second-order valence-corrected chi connectivity index (χ2v) is 5.01. The van der Waals surface area contributed by atoms with Gasteiger partial charge in [0.1, 0.15) is 0 Å². The Balaban J connectivity index is 2.01. The van der Waals surface area contributed by atoms with Crippen LogP contribution >= 0.6 is 0 Å². The average Bonchev–Trinajstić information content (AvgIpc) is 2.78. The van der Waals surface area contributed by atoms with Crippen molar-refractivity contribution in [2.24, 2.45) is 13.0 Å². The molecule has 2 rings (SSSR count). The summed E-state index contributed by atoms with van der Waals surface area (Å²) in [5.74, 6) is 1.30. The zero-order valence-corrected chi connectivity index (χ0v) is 11.8. The van der Waals surface area contributed by atoms with E-state index in [1.54, 1.807) is 7.05 Å². The van der Waals surface area contributed by atoms with Crippen LogP contribution in [0.25, 0.3) is 0 Å². The number of benzene rings is 1. The van der Waals surface area contributed by atoms with E-state index in [0.29, 0.717) is 5.92 Å². The molecule has 102 valence electrons. The van der Waals surface area contributed by atoms with Crippen LogP contribution in [-0.4, -0.2) is 33.8 Å². The second-order valence-electron chi connectivity index (χ2n) is 5.01. The molecule has 1 atom stereocenters. The zero-order chi connectivity index (χ0) is 13.7. The van der Waals surface area contributed by atoms with E-state index < -0.39 is 0 Å². The number of rotatable bonds is 6. The monoisotopic (exact) mass is 259 g/mol. The van der Waals surface area contributed by atoms with Crippen molar-refractivity contribution >= 4 is 0 Å². The molecule has 5 nitrogen and oxygen atoms in total. The van der Waals surface area contributed by atoms with Gasteiger partial charge in [-0.05, 0) is 43.6 Å². The number of hydrogen-bond donors (Lipinski definition) is 1. The van der Waals surface area contributed by atoms with Gasteiger partial charge in [0.2, 0.25) is 0 Å². The van der Waals surface area contributed by atoms with Gasteiger partial charge in [0.25, 0.3) is 0 Å². The van der Waals surface area contributed by atoms with E-state index in [1.807, 2.05) is 7.05 Å². The van der Waals surface area contributed by atoms with E-state index in [0.717, 1.165) is 25.2 Å². The third-order valence-corrected chi connectivity index (χ3v) is 3.16. The van der Waals surface area contributed by atoms with Gasteiger partial charge in [0.05, 0.1) is 7.05 Å². The van der Waals surface area contributed by atoms with E-state index in [4.69, 9.17) is 0 Å². The van der Waals surface area contributed by atoms with Gasteiger partial charge in [-0.15, -0.1) is 10.2 Å². The third-order valence-electron chi connectivity index (χ3n) is 3.16. The molecule has 0 radical (unpaired) electrons. The summed E-state index contributed by atoms with van der Waals surface area (Å²) in [6.45, 7) is 3.06. The van der Waals surface area contributed by atoms with Gasteiger partial charge in [0, 0.05) is 6.42 Å². The van der Waals surface area contributed by atoms with Gasteiger partial charge in [-0.3, -0.25) is 0 Å². The van der Waals surface area contributed by atoms with Crippen LogP contribution in [0.4, 0.5) is 0 Å². The highest BCUT2D eigenvalue weighted by Crippen LogP contribution is 2.13. The molecular weight excluding hydrogens is 238 g/mol. The van der Waals surface area contributed by atoms with Crippen LogP contribution in [-0.2, 0) is 19.9 Å². The fourth-order valence-electron chi connectivity index (χ4n) is 2.23. The van der Waals surface area contributed by atoms with Crippen LogP contribution in [0.15, 0.2) is 24.3 Å². The lowest BCUT2D eigenvalue weighted by Gasteiger charge is -2.14. The minimum atomic E-state index is 0.483. The quantitative estimate of drug-likeness (QED) is 0.845. The van der Waals surface area contributed by atoms with Crippen molar-refractivity contribution in [3.8, 4) is 0 Å². The second kappa shape index (κ2) is 6.43. The molecule has 1 aromatic heterocycles. The lowest BCUT2D eigenvalue weighted by molar-refractivity contribution is 0.481. The highest BCUT2D eigenvalue weighted by atomic mass is 15.6. The average molecular weight is 259 g/mol. The molecule has 0 bridgehead atoms. The molecule has 1 unspecified atom stereocenters. The predicted octanol–water partition coefficient (Wildman–Crippen LogP) is 1.14. The molecule has 0 saturated carbocycles. The van der Waals surface area contributed by atoms with Gasteiger partial charge in [-0.2, -0.15) is 4.80 Å². The van der Waals surface area contributed by atoms with Gasteiger partial charge in [-0.25, -0.2) is 0 Å². The fourth-order valence-corrected chi connectivity index (χ4v) is 2.23. The summed E-state index contributed by atoms with van der Waals surface area (Å²) < 4.78 is 0. The van der Waals surface area contributed by atoms with Crippen LogP contribution in [0.2, 0.25) is 0 Å². The van der Waals surface area contributed by atoms with E-state index in [-0.39, 0.29) is 0 Å². The first-order chi connectivity index (χ1) is 9.17. The van der Waals surface area contributed by atoms with Crippen LogP contribution < -0.4 is 5.32 Å². The van der Waals surface area contributed by atoms with Crippen LogP contribution in [0.1, 0.15) is 17.0 Å². The lowest BCUT2D eigenvalue weighted by atomic mass is 9.95. The zero-order valence-electron chi connectivity index (χ0n) is 11.8. The molecule has 1 N–H and O–H groups in total. The number of tetrazole rings is 1. The first-order valence-electron chi connectivity index (χ1n) is 6.60. The Morgan fingerprint density at radius 1 is 1.21 bits per heavy atom. The maximum absolute atomic E-state index is 4.26. The van der Waals surface area contributed by atoms with Crippen molar-refractivity contribution < 1.29 is 0 Å². The molecule has 0 spiro atoms. The van der Waals surface area contributed by atoms with Gasteiger partial charge in [-0.1, -0.05) is 29.8 Å². The molecule has 0 aliphatic heterocycles. The minimum absolute atomic E-state index is 0.483. The molecule has 5 heteroatoms. The summed E-state index contributed by atoms with van der Waals surface area (Å²) >= 11 is 0. The van der Waals surface area contributed by atoms with Crippen molar-refractivity contribution in [3.05, 3.63) is 41.2 Å². The highest BCUT2D eigenvalue weighted by Gasteiger charge is 2.13. The van der Waals surface area contributed by atoms with Gasteiger partial charge >= 0.3 is 0 Å². The summed E-state index contributed by atoms with van der Waals surface area (Å²) in [5, 5.41) is 15.5.